The zero-order chi connectivity index (χ0) is 21.0. The van der Waals surface area contributed by atoms with E-state index in [1.54, 1.807) is 13.0 Å². The Balaban J connectivity index is 2.01. The standard InChI is InChI=1S/C26H41NO2/c1-3-5-6-7-8-9-10-11-12-13-14-15-16-23-27-25-20-17-24(18-21-25)19-22-26(28)29-4-2/h13-14,17-22,27H,3-12,15-16,23H2,1-2H3. The largest absolute Gasteiger partial charge is 0.463 e. The lowest BCUT2D eigenvalue weighted by atomic mass is 10.1. The predicted molar refractivity (Wildman–Crippen MR) is 126 cm³/mol. The number of hydrogen-bond donors (Lipinski definition) is 1. The van der Waals surface area contributed by atoms with E-state index >= 15 is 0 Å². The first-order chi connectivity index (χ1) is 14.3. The van der Waals surface area contributed by atoms with Gasteiger partial charge < -0.3 is 10.1 Å². The van der Waals surface area contributed by atoms with Crippen LogP contribution in [-0.4, -0.2) is 19.1 Å². The number of carbonyl (C=O) groups is 1. The Labute approximate surface area is 178 Å². The number of nitrogens with one attached hydrogen (secondary N) is 1. The molecule has 0 aliphatic rings. The Morgan fingerprint density at radius 3 is 2.14 bits per heavy atom. The molecule has 0 bridgehead atoms. The van der Waals surface area contributed by atoms with Crippen molar-refractivity contribution in [1.29, 1.82) is 0 Å². The fourth-order valence-corrected chi connectivity index (χ4v) is 3.15. The molecular formula is C26H41NO2. The second-order valence-corrected chi connectivity index (χ2v) is 7.51. The molecule has 0 aliphatic carbocycles. The topological polar surface area (TPSA) is 38.3 Å². The number of anilines is 1. The van der Waals surface area contributed by atoms with Crippen LogP contribution in [0.3, 0.4) is 0 Å². The van der Waals surface area contributed by atoms with Crippen molar-refractivity contribution in [2.75, 3.05) is 18.5 Å². The Morgan fingerprint density at radius 2 is 1.48 bits per heavy atom. The minimum absolute atomic E-state index is 0.301. The molecular weight excluding hydrogens is 358 g/mol. The van der Waals surface area contributed by atoms with Crippen LogP contribution >= 0.6 is 0 Å². The van der Waals surface area contributed by atoms with Crippen LogP contribution in [-0.2, 0) is 9.53 Å². The molecule has 29 heavy (non-hydrogen) atoms. The number of esters is 1. The number of rotatable bonds is 17. The highest BCUT2D eigenvalue weighted by Crippen LogP contribution is 2.12. The van der Waals surface area contributed by atoms with Crippen molar-refractivity contribution in [2.45, 2.75) is 84.5 Å². The molecule has 0 saturated heterocycles. The number of ether oxygens (including phenoxy) is 1. The monoisotopic (exact) mass is 399 g/mol. The Kier molecular flexibility index (Phi) is 15.5. The minimum atomic E-state index is -0.301. The van der Waals surface area contributed by atoms with Crippen LogP contribution in [0.1, 0.15) is 90.0 Å². The van der Waals surface area contributed by atoms with Gasteiger partial charge in [-0.15, -0.1) is 0 Å². The second kappa shape index (κ2) is 18.0. The normalized spacial score (nSPS) is 11.4. The molecule has 0 atom stereocenters. The number of unbranched alkanes of at least 4 members (excludes halogenated alkanes) is 9. The number of benzene rings is 1. The third kappa shape index (κ3) is 14.6. The quantitative estimate of drug-likeness (QED) is 0.127. The molecule has 0 heterocycles. The highest BCUT2D eigenvalue weighted by atomic mass is 16.5. The molecule has 0 saturated carbocycles. The summed E-state index contributed by atoms with van der Waals surface area (Å²) in [6, 6.07) is 8.09. The number of hydrogen-bond acceptors (Lipinski definition) is 3. The van der Waals surface area contributed by atoms with E-state index in [1.807, 2.05) is 24.3 Å². The Morgan fingerprint density at radius 1 is 0.862 bits per heavy atom. The summed E-state index contributed by atoms with van der Waals surface area (Å²) < 4.78 is 4.88. The molecule has 162 valence electrons. The van der Waals surface area contributed by atoms with Gasteiger partial charge in [0.1, 0.15) is 0 Å². The fourth-order valence-electron chi connectivity index (χ4n) is 3.15. The van der Waals surface area contributed by atoms with E-state index in [-0.39, 0.29) is 5.97 Å². The van der Waals surface area contributed by atoms with Gasteiger partial charge in [0.15, 0.2) is 0 Å². The van der Waals surface area contributed by atoms with E-state index in [0.29, 0.717) is 6.61 Å². The zero-order valence-corrected chi connectivity index (χ0v) is 18.6. The maximum absolute atomic E-state index is 11.3. The van der Waals surface area contributed by atoms with Crippen LogP contribution in [0.5, 0.6) is 0 Å². The van der Waals surface area contributed by atoms with Crippen LogP contribution < -0.4 is 5.32 Å². The lowest BCUT2D eigenvalue weighted by molar-refractivity contribution is -0.137. The third-order valence-corrected chi connectivity index (χ3v) is 4.88. The van der Waals surface area contributed by atoms with Gasteiger partial charge in [-0.05, 0) is 56.4 Å². The summed E-state index contributed by atoms with van der Waals surface area (Å²) >= 11 is 0. The Hall–Kier alpha value is -2.03. The summed E-state index contributed by atoms with van der Waals surface area (Å²) in [6.07, 6.45) is 22.5. The van der Waals surface area contributed by atoms with E-state index in [0.717, 1.165) is 30.6 Å². The van der Waals surface area contributed by atoms with E-state index in [9.17, 15) is 4.79 Å². The van der Waals surface area contributed by atoms with Gasteiger partial charge in [-0.2, -0.15) is 0 Å². The lowest BCUT2D eigenvalue weighted by Gasteiger charge is -2.05. The van der Waals surface area contributed by atoms with E-state index in [4.69, 9.17) is 4.74 Å². The van der Waals surface area contributed by atoms with Gasteiger partial charge in [0, 0.05) is 18.3 Å². The van der Waals surface area contributed by atoms with Crippen LogP contribution in [0.2, 0.25) is 0 Å². The summed E-state index contributed by atoms with van der Waals surface area (Å²) in [5.74, 6) is -0.301. The van der Waals surface area contributed by atoms with Crippen LogP contribution in [0.15, 0.2) is 42.5 Å². The highest BCUT2D eigenvalue weighted by Gasteiger charge is 1.95. The molecule has 0 aliphatic heterocycles. The van der Waals surface area contributed by atoms with Crippen molar-refractivity contribution >= 4 is 17.7 Å². The summed E-state index contributed by atoms with van der Waals surface area (Å²) in [6.45, 7) is 5.45. The average molecular weight is 400 g/mol. The molecule has 3 nitrogen and oxygen atoms in total. The molecule has 1 N–H and O–H groups in total. The van der Waals surface area contributed by atoms with Crippen LogP contribution in [0.25, 0.3) is 6.08 Å². The first-order valence-corrected chi connectivity index (χ1v) is 11.6. The molecule has 0 spiro atoms. The van der Waals surface area contributed by atoms with Gasteiger partial charge in [-0.25, -0.2) is 4.79 Å². The van der Waals surface area contributed by atoms with E-state index < -0.39 is 0 Å². The van der Waals surface area contributed by atoms with Crippen molar-refractivity contribution < 1.29 is 9.53 Å². The van der Waals surface area contributed by atoms with Gasteiger partial charge in [0.2, 0.25) is 0 Å². The SMILES string of the molecule is CCCCCCCCCCC=CCCCNc1ccc(C=CC(=O)OCC)cc1. The summed E-state index contributed by atoms with van der Waals surface area (Å²) in [4.78, 5) is 11.3. The number of carbonyl (C=O) groups excluding carboxylic acids is 1. The first kappa shape index (κ1) is 25.0. The molecule has 0 aromatic heterocycles. The highest BCUT2D eigenvalue weighted by molar-refractivity contribution is 5.87. The summed E-state index contributed by atoms with van der Waals surface area (Å²) in [5.41, 5.74) is 2.11. The summed E-state index contributed by atoms with van der Waals surface area (Å²) in [7, 11) is 0. The second-order valence-electron chi connectivity index (χ2n) is 7.51. The average Bonchev–Trinajstić information content (AvgIpc) is 2.73. The van der Waals surface area contributed by atoms with Crippen LogP contribution in [0.4, 0.5) is 5.69 Å². The molecule has 0 fully saturated rings. The molecule has 0 amide bonds. The summed E-state index contributed by atoms with van der Waals surface area (Å²) in [5, 5.41) is 3.45. The van der Waals surface area contributed by atoms with Gasteiger partial charge in [-0.3, -0.25) is 0 Å². The Bertz CT molecular complexity index is 575. The minimum Gasteiger partial charge on any atom is -0.463 e. The first-order valence-electron chi connectivity index (χ1n) is 11.6. The molecule has 0 unspecified atom stereocenters. The smallest absolute Gasteiger partial charge is 0.330 e. The zero-order valence-electron chi connectivity index (χ0n) is 18.6. The fraction of sp³-hybridized carbons (Fsp3) is 0.577. The van der Waals surface area contributed by atoms with Gasteiger partial charge >= 0.3 is 5.97 Å². The van der Waals surface area contributed by atoms with Crippen molar-refractivity contribution in [3.05, 3.63) is 48.1 Å². The van der Waals surface area contributed by atoms with Crippen molar-refractivity contribution in [1.82, 2.24) is 0 Å². The predicted octanol–water partition coefficient (Wildman–Crippen LogP) is 7.54. The van der Waals surface area contributed by atoms with Crippen molar-refractivity contribution in [3.8, 4) is 0 Å². The molecule has 1 aromatic rings. The molecule has 3 heteroatoms. The molecule has 1 aromatic carbocycles. The van der Waals surface area contributed by atoms with Crippen molar-refractivity contribution in [3.63, 3.8) is 0 Å². The van der Waals surface area contributed by atoms with Gasteiger partial charge in [0.05, 0.1) is 6.61 Å². The van der Waals surface area contributed by atoms with Gasteiger partial charge in [-0.1, -0.05) is 76.2 Å². The lowest BCUT2D eigenvalue weighted by Crippen LogP contribution is -2.00. The van der Waals surface area contributed by atoms with Crippen LogP contribution in [0, 0.1) is 0 Å². The molecule has 0 radical (unpaired) electrons. The third-order valence-electron chi connectivity index (χ3n) is 4.88. The van der Waals surface area contributed by atoms with E-state index in [2.05, 4.69) is 24.4 Å². The maximum Gasteiger partial charge on any atom is 0.330 e. The maximum atomic E-state index is 11.3. The van der Waals surface area contributed by atoms with Gasteiger partial charge in [0.25, 0.3) is 0 Å². The van der Waals surface area contributed by atoms with Crippen molar-refractivity contribution in [2.24, 2.45) is 0 Å². The number of allylic oxidation sites excluding steroid dienone is 2. The van der Waals surface area contributed by atoms with E-state index in [1.165, 1.54) is 63.9 Å². The molecule has 1 rings (SSSR count).